The number of benzene rings is 1. The molecule has 3 heterocycles. The van der Waals surface area contributed by atoms with Gasteiger partial charge < -0.3 is 9.30 Å². The summed E-state index contributed by atoms with van der Waals surface area (Å²) >= 11 is 0. The molecule has 4 nitrogen and oxygen atoms in total. The topological polar surface area (TPSA) is 39.9 Å². The molecule has 0 spiro atoms. The minimum Gasteiger partial charge on any atom is -0.379 e. The lowest BCUT2D eigenvalue weighted by Crippen LogP contribution is -2.06. The van der Waals surface area contributed by atoms with Gasteiger partial charge in [-0.15, -0.1) is 0 Å². The lowest BCUT2D eigenvalue weighted by atomic mass is 10.1. The van der Waals surface area contributed by atoms with E-state index in [4.69, 9.17) is 9.72 Å². The summed E-state index contributed by atoms with van der Waals surface area (Å²) in [6.45, 7) is 7.78. The lowest BCUT2D eigenvalue weighted by Gasteiger charge is -2.09. The fourth-order valence-corrected chi connectivity index (χ4v) is 3.56. The van der Waals surface area contributed by atoms with Crippen LogP contribution in [0.25, 0.3) is 22.6 Å². The van der Waals surface area contributed by atoms with Crippen LogP contribution in [0.15, 0.2) is 30.3 Å². The van der Waals surface area contributed by atoms with Gasteiger partial charge >= 0.3 is 0 Å². The predicted octanol–water partition coefficient (Wildman–Crippen LogP) is 4.25. The van der Waals surface area contributed by atoms with Crippen molar-refractivity contribution in [1.82, 2.24) is 14.5 Å². The molecule has 1 aliphatic rings. The summed E-state index contributed by atoms with van der Waals surface area (Å²) in [5.74, 6) is 0.591. The zero-order chi connectivity index (χ0) is 18.3. The van der Waals surface area contributed by atoms with Gasteiger partial charge in [-0.25, -0.2) is 9.37 Å². The van der Waals surface area contributed by atoms with E-state index in [1.807, 2.05) is 19.9 Å². The second-order valence-electron chi connectivity index (χ2n) is 6.85. The highest BCUT2D eigenvalue weighted by Gasteiger charge is 2.22. The fourth-order valence-electron chi connectivity index (χ4n) is 3.56. The molecule has 4 rings (SSSR count). The quantitative estimate of drug-likeness (QED) is 0.693. The minimum absolute atomic E-state index is 0.207. The summed E-state index contributed by atoms with van der Waals surface area (Å²) in [7, 11) is 0. The number of aromatic nitrogens is 3. The van der Waals surface area contributed by atoms with Gasteiger partial charge in [0.15, 0.2) is 0 Å². The average molecular weight is 351 g/mol. The van der Waals surface area contributed by atoms with Gasteiger partial charge in [0.25, 0.3) is 0 Å². The van der Waals surface area contributed by atoms with Crippen molar-refractivity contribution in [2.24, 2.45) is 0 Å². The van der Waals surface area contributed by atoms with E-state index in [1.165, 1.54) is 0 Å². The van der Waals surface area contributed by atoms with Crippen LogP contribution in [-0.2, 0) is 17.7 Å². The van der Waals surface area contributed by atoms with Gasteiger partial charge in [0.2, 0.25) is 0 Å². The predicted molar refractivity (Wildman–Crippen MR) is 99.6 cm³/mol. The molecule has 0 amide bonds. The number of imidazole rings is 1. The molecule has 3 aromatic rings. The number of rotatable bonds is 2. The van der Waals surface area contributed by atoms with E-state index in [0.29, 0.717) is 18.8 Å². The van der Waals surface area contributed by atoms with E-state index < -0.39 is 0 Å². The molecule has 0 radical (unpaired) electrons. The summed E-state index contributed by atoms with van der Waals surface area (Å²) in [6, 6.07) is 9.43. The smallest absolute Gasteiger partial charge is 0.141 e. The second-order valence-corrected chi connectivity index (χ2v) is 6.85. The Balaban J connectivity index is 1.93. The first kappa shape index (κ1) is 16.9. The molecule has 0 atom stereocenters. The first-order chi connectivity index (χ1) is 12.5. The van der Waals surface area contributed by atoms with E-state index in [0.717, 1.165) is 52.7 Å². The Hall–Kier alpha value is -2.53. The van der Waals surface area contributed by atoms with Crippen LogP contribution in [0, 0.1) is 26.6 Å². The first-order valence-corrected chi connectivity index (χ1v) is 8.92. The normalized spacial score (nSPS) is 14.2. The summed E-state index contributed by atoms with van der Waals surface area (Å²) in [6.07, 6.45) is 0.789. The van der Waals surface area contributed by atoms with Crippen LogP contribution >= 0.6 is 0 Å². The molecule has 0 saturated heterocycles. The van der Waals surface area contributed by atoms with Crippen LogP contribution in [0.3, 0.4) is 0 Å². The van der Waals surface area contributed by atoms with Crippen molar-refractivity contribution < 1.29 is 9.13 Å². The van der Waals surface area contributed by atoms with Crippen molar-refractivity contribution in [3.63, 3.8) is 0 Å². The molecular weight excluding hydrogens is 329 g/mol. The average Bonchev–Trinajstić information content (AvgIpc) is 2.78. The molecule has 1 aromatic carbocycles. The van der Waals surface area contributed by atoms with Gasteiger partial charge in [0.05, 0.1) is 18.9 Å². The zero-order valence-electron chi connectivity index (χ0n) is 15.3. The van der Waals surface area contributed by atoms with Crippen LogP contribution in [0.4, 0.5) is 4.39 Å². The Bertz CT molecular complexity index is 957. The molecule has 5 heteroatoms. The van der Waals surface area contributed by atoms with Crippen molar-refractivity contribution in [2.75, 3.05) is 13.2 Å². The summed E-state index contributed by atoms with van der Waals surface area (Å²) in [5, 5.41) is 0. The van der Waals surface area contributed by atoms with Crippen molar-refractivity contribution in [3.8, 4) is 22.6 Å². The SMILES string of the molecule is Cc1cc(-c2nc(-c3ccc(C)c(F)c3)n3c2CCOCC3)cc(C)n1. The Morgan fingerprint density at radius 3 is 2.46 bits per heavy atom. The summed E-state index contributed by atoms with van der Waals surface area (Å²) in [4.78, 5) is 9.41. The lowest BCUT2D eigenvalue weighted by molar-refractivity contribution is 0.140. The number of hydrogen-bond acceptors (Lipinski definition) is 3. The Labute approximate surface area is 152 Å². The van der Waals surface area contributed by atoms with Gasteiger partial charge in [-0.05, 0) is 44.5 Å². The standard InChI is InChI=1S/C21H22FN3O/c1-13-4-5-16(12-18(13)22)21-24-20(17-10-14(2)23-15(3)11-17)19-6-8-26-9-7-25(19)21/h4-5,10-12H,6-9H2,1-3H3. The molecule has 1 aliphatic heterocycles. The summed E-state index contributed by atoms with van der Waals surface area (Å²) in [5.41, 5.74) is 6.51. The molecule has 26 heavy (non-hydrogen) atoms. The molecule has 0 unspecified atom stereocenters. The van der Waals surface area contributed by atoms with Gasteiger partial charge in [-0.2, -0.15) is 0 Å². The summed E-state index contributed by atoms with van der Waals surface area (Å²) < 4.78 is 22.0. The minimum atomic E-state index is -0.207. The van der Waals surface area contributed by atoms with E-state index in [-0.39, 0.29) is 5.82 Å². The van der Waals surface area contributed by atoms with E-state index in [1.54, 1.807) is 19.1 Å². The van der Waals surface area contributed by atoms with Crippen molar-refractivity contribution in [1.29, 1.82) is 0 Å². The number of halogens is 1. The van der Waals surface area contributed by atoms with Crippen LogP contribution in [0.2, 0.25) is 0 Å². The maximum atomic E-state index is 14.1. The van der Waals surface area contributed by atoms with Crippen molar-refractivity contribution in [3.05, 3.63) is 58.8 Å². The molecule has 0 saturated carbocycles. The molecule has 2 aromatic heterocycles. The largest absolute Gasteiger partial charge is 0.379 e. The number of nitrogens with zero attached hydrogens (tertiary/aromatic N) is 3. The van der Waals surface area contributed by atoms with Gasteiger partial charge in [0, 0.05) is 41.2 Å². The highest BCUT2D eigenvalue weighted by Crippen LogP contribution is 2.32. The van der Waals surface area contributed by atoms with E-state index in [9.17, 15) is 4.39 Å². The van der Waals surface area contributed by atoms with E-state index in [2.05, 4.69) is 21.7 Å². The molecule has 0 aliphatic carbocycles. The Kier molecular flexibility index (Phi) is 4.32. The number of fused-ring (bicyclic) bond motifs is 1. The number of ether oxygens (including phenoxy) is 1. The third kappa shape index (κ3) is 3.03. The molecule has 134 valence electrons. The zero-order valence-corrected chi connectivity index (χ0v) is 15.3. The maximum Gasteiger partial charge on any atom is 0.141 e. The van der Waals surface area contributed by atoms with Gasteiger partial charge in [-0.1, -0.05) is 12.1 Å². The van der Waals surface area contributed by atoms with E-state index >= 15 is 0 Å². The second kappa shape index (κ2) is 6.65. The monoisotopic (exact) mass is 351 g/mol. The van der Waals surface area contributed by atoms with Gasteiger partial charge in [0.1, 0.15) is 11.6 Å². The molecule has 0 N–H and O–H groups in total. The Morgan fingerprint density at radius 2 is 1.73 bits per heavy atom. The Morgan fingerprint density at radius 1 is 0.962 bits per heavy atom. The maximum absolute atomic E-state index is 14.1. The number of hydrogen-bond donors (Lipinski definition) is 0. The number of aryl methyl sites for hydroxylation is 3. The highest BCUT2D eigenvalue weighted by atomic mass is 19.1. The third-order valence-electron chi connectivity index (χ3n) is 4.80. The molecular formula is C21H22FN3O. The fraction of sp³-hybridized carbons (Fsp3) is 0.333. The van der Waals surface area contributed by atoms with Crippen LogP contribution in [0.5, 0.6) is 0 Å². The number of pyridine rings is 1. The van der Waals surface area contributed by atoms with Crippen LogP contribution < -0.4 is 0 Å². The van der Waals surface area contributed by atoms with Crippen LogP contribution in [0.1, 0.15) is 22.6 Å². The molecule has 0 bridgehead atoms. The van der Waals surface area contributed by atoms with Crippen molar-refractivity contribution >= 4 is 0 Å². The highest BCUT2D eigenvalue weighted by molar-refractivity contribution is 5.69. The van der Waals surface area contributed by atoms with Gasteiger partial charge in [-0.3, -0.25) is 4.98 Å². The van der Waals surface area contributed by atoms with Crippen molar-refractivity contribution in [2.45, 2.75) is 33.7 Å². The van der Waals surface area contributed by atoms with Crippen LogP contribution in [-0.4, -0.2) is 27.7 Å². The third-order valence-corrected chi connectivity index (χ3v) is 4.80. The molecule has 0 fully saturated rings. The first-order valence-electron chi connectivity index (χ1n) is 8.92.